The summed E-state index contributed by atoms with van der Waals surface area (Å²) in [7, 11) is 0. The number of unbranched alkanes of at least 4 members (excludes halogenated alkanes) is 35. The average molecular weight is 833 g/mol. The van der Waals surface area contributed by atoms with Crippen molar-refractivity contribution in [2.75, 3.05) is 6.61 Å². The molecule has 0 saturated carbocycles. The van der Waals surface area contributed by atoms with Crippen LogP contribution in [-0.4, -0.2) is 50.5 Å². The molecule has 0 heterocycles. The number of Topliss-reactive ketones (excluding diaryl/α,β-unsaturated/α-hetero) is 3. The molecule has 0 fully saturated rings. The molecular weight excluding hydrogens is 733 g/mol. The van der Waals surface area contributed by atoms with Crippen molar-refractivity contribution in [3.63, 3.8) is 0 Å². The Hall–Kier alpha value is -1.37. The molecule has 59 heavy (non-hydrogen) atoms. The van der Waals surface area contributed by atoms with Gasteiger partial charge in [-0.3, -0.25) is 14.4 Å². The molecule has 0 bridgehead atoms. The summed E-state index contributed by atoms with van der Waals surface area (Å²) in [4.78, 5) is 41.1. The van der Waals surface area contributed by atoms with Crippen LogP contribution in [0.5, 0.6) is 0 Å². The number of allylic oxidation sites excluding steroid dienone is 2. The van der Waals surface area contributed by atoms with Gasteiger partial charge >= 0.3 is 0 Å². The van der Waals surface area contributed by atoms with Crippen molar-refractivity contribution in [1.29, 1.82) is 0 Å². The van der Waals surface area contributed by atoms with Crippen LogP contribution in [0.3, 0.4) is 0 Å². The maximum Gasteiger partial charge on any atom is 0.219 e. The minimum Gasteiger partial charge on any atom is -0.393 e. The van der Waals surface area contributed by atoms with Crippen LogP contribution in [0.15, 0.2) is 12.2 Å². The predicted octanol–water partition coefficient (Wildman–Crippen LogP) is 15.1. The Morgan fingerprint density at radius 1 is 0.339 bits per heavy atom. The Labute approximate surface area is 366 Å². The van der Waals surface area contributed by atoms with Crippen molar-refractivity contribution in [3.8, 4) is 0 Å². The number of rotatable bonds is 48. The summed E-state index contributed by atoms with van der Waals surface area (Å²) < 4.78 is 0. The predicted molar refractivity (Wildman–Crippen MR) is 252 cm³/mol. The molecule has 0 aliphatic rings. The fourth-order valence-electron chi connectivity index (χ4n) is 8.55. The molecule has 1 atom stereocenters. The normalized spacial score (nSPS) is 13.1. The topological polar surface area (TPSA) is 112 Å². The van der Waals surface area contributed by atoms with Crippen molar-refractivity contribution in [2.24, 2.45) is 0 Å². The third-order valence-corrected chi connectivity index (χ3v) is 12.8. The van der Waals surface area contributed by atoms with E-state index in [1.165, 1.54) is 154 Å². The van der Waals surface area contributed by atoms with Crippen LogP contribution in [0.2, 0.25) is 0 Å². The van der Waals surface area contributed by atoms with E-state index in [-0.39, 0.29) is 19.3 Å². The molecule has 0 aliphatic heterocycles. The van der Waals surface area contributed by atoms with Crippen LogP contribution in [0, 0.1) is 0 Å². The lowest BCUT2D eigenvalue weighted by atomic mass is 9.71. The van der Waals surface area contributed by atoms with Crippen LogP contribution >= 0.6 is 0 Å². The average Bonchev–Trinajstić information content (AvgIpc) is 3.24. The zero-order chi connectivity index (χ0) is 43.6. The van der Waals surface area contributed by atoms with E-state index in [0.717, 1.165) is 77.0 Å². The number of ketones is 3. The lowest BCUT2D eigenvalue weighted by Gasteiger charge is -2.39. The molecule has 0 spiro atoms. The first-order valence-electron chi connectivity index (χ1n) is 26.1. The third kappa shape index (κ3) is 29.5. The number of aliphatic hydroxyl groups is 3. The highest BCUT2D eigenvalue weighted by Crippen LogP contribution is 2.32. The number of aliphatic hydroxyl groups excluding tert-OH is 1. The van der Waals surface area contributed by atoms with Crippen LogP contribution in [-0.2, 0) is 14.4 Å². The number of carbonyl (C=O) groups is 3. The summed E-state index contributed by atoms with van der Waals surface area (Å²) in [5.41, 5.74) is -5.75. The third-order valence-electron chi connectivity index (χ3n) is 12.8. The number of hydrogen-bond acceptors (Lipinski definition) is 6. The lowest BCUT2D eigenvalue weighted by molar-refractivity contribution is -0.194. The zero-order valence-corrected chi connectivity index (χ0v) is 39.6. The van der Waals surface area contributed by atoms with Gasteiger partial charge in [0.15, 0.2) is 23.0 Å². The van der Waals surface area contributed by atoms with Gasteiger partial charge in [-0.05, 0) is 44.9 Å². The van der Waals surface area contributed by atoms with Crippen molar-refractivity contribution in [1.82, 2.24) is 0 Å². The second kappa shape index (κ2) is 42.0. The van der Waals surface area contributed by atoms with Gasteiger partial charge in [0.05, 0.1) is 6.61 Å². The first-order chi connectivity index (χ1) is 28.8. The van der Waals surface area contributed by atoms with Gasteiger partial charge in [0.2, 0.25) is 5.60 Å². The standard InChI is InChI=1S/C53H100O6/c1-4-7-10-13-16-19-22-25-26-29-30-33-36-39-42-45-49(55)52(58,48-54)53(59,50(56)46-43-40-37-34-31-27-23-20-17-14-11-8-5-2)51(57)47-44-41-38-35-32-28-24-21-18-15-12-9-6-3/h25-26,54,58-59H,4-24,27-48H2,1-3H3/b26-25-. The van der Waals surface area contributed by atoms with E-state index in [9.17, 15) is 29.7 Å². The summed E-state index contributed by atoms with van der Waals surface area (Å²) >= 11 is 0. The van der Waals surface area contributed by atoms with E-state index in [1.807, 2.05) is 0 Å². The van der Waals surface area contributed by atoms with Gasteiger partial charge in [0.25, 0.3) is 0 Å². The van der Waals surface area contributed by atoms with Gasteiger partial charge in [0, 0.05) is 19.3 Å². The summed E-state index contributed by atoms with van der Waals surface area (Å²) in [5.74, 6) is -2.46. The molecular formula is C53H100O6. The maximum absolute atomic E-state index is 13.8. The van der Waals surface area contributed by atoms with Gasteiger partial charge in [-0.15, -0.1) is 0 Å². The van der Waals surface area contributed by atoms with Crippen molar-refractivity contribution < 1.29 is 29.7 Å². The zero-order valence-electron chi connectivity index (χ0n) is 39.6. The smallest absolute Gasteiger partial charge is 0.219 e. The van der Waals surface area contributed by atoms with Crippen LogP contribution < -0.4 is 0 Å². The molecule has 0 aromatic rings. The molecule has 0 rings (SSSR count). The first kappa shape index (κ1) is 57.6. The Kier molecular flexibility index (Phi) is 41.0. The Morgan fingerprint density at radius 2 is 0.559 bits per heavy atom. The van der Waals surface area contributed by atoms with Gasteiger partial charge in [-0.25, -0.2) is 0 Å². The van der Waals surface area contributed by atoms with Crippen LogP contribution in [0.4, 0.5) is 0 Å². The largest absolute Gasteiger partial charge is 0.393 e. The van der Waals surface area contributed by atoms with E-state index in [2.05, 4.69) is 32.9 Å². The van der Waals surface area contributed by atoms with E-state index in [1.54, 1.807) is 0 Å². The molecule has 348 valence electrons. The van der Waals surface area contributed by atoms with Gasteiger partial charge < -0.3 is 15.3 Å². The van der Waals surface area contributed by atoms with E-state index < -0.39 is 35.2 Å². The van der Waals surface area contributed by atoms with E-state index in [4.69, 9.17) is 0 Å². The maximum atomic E-state index is 13.8. The van der Waals surface area contributed by atoms with Gasteiger partial charge in [0.1, 0.15) is 0 Å². The molecule has 0 radical (unpaired) electrons. The second-order valence-electron chi connectivity index (χ2n) is 18.3. The molecule has 1 unspecified atom stereocenters. The Bertz CT molecular complexity index is 949. The summed E-state index contributed by atoms with van der Waals surface area (Å²) in [6.45, 7) is 5.58. The van der Waals surface area contributed by atoms with E-state index >= 15 is 0 Å². The quantitative estimate of drug-likeness (QED) is 0.0320. The highest BCUT2D eigenvalue weighted by Gasteiger charge is 2.62. The molecule has 0 amide bonds. The molecule has 0 aliphatic carbocycles. The SMILES string of the molecule is CCCCCCCC/C=C\CCCCCCCC(=O)C(O)(CO)C(O)(C(=O)CCCCCCCCCCCCCCC)C(=O)CCCCCCCCCCCCCCC. The summed E-state index contributed by atoms with van der Waals surface area (Å²) in [6.07, 6.45) is 48.5. The van der Waals surface area contributed by atoms with Gasteiger partial charge in [-0.1, -0.05) is 238 Å². The molecule has 6 heteroatoms. The van der Waals surface area contributed by atoms with Gasteiger partial charge in [-0.2, -0.15) is 0 Å². The van der Waals surface area contributed by atoms with Crippen LogP contribution in [0.1, 0.15) is 290 Å². The second-order valence-corrected chi connectivity index (χ2v) is 18.3. The Balaban J connectivity index is 4.94. The lowest BCUT2D eigenvalue weighted by Crippen LogP contribution is -2.69. The number of hydrogen-bond donors (Lipinski definition) is 3. The molecule has 0 aromatic heterocycles. The van der Waals surface area contributed by atoms with Crippen molar-refractivity contribution in [3.05, 3.63) is 12.2 Å². The molecule has 6 nitrogen and oxygen atoms in total. The van der Waals surface area contributed by atoms with Crippen molar-refractivity contribution >= 4 is 17.3 Å². The fourth-order valence-corrected chi connectivity index (χ4v) is 8.55. The summed E-state index contributed by atoms with van der Waals surface area (Å²) in [6, 6.07) is 0. The highest BCUT2D eigenvalue weighted by atomic mass is 16.4. The minimum absolute atomic E-state index is 0.0877. The summed E-state index contributed by atoms with van der Waals surface area (Å²) in [5, 5.41) is 34.0. The Morgan fingerprint density at radius 3 is 0.814 bits per heavy atom. The van der Waals surface area contributed by atoms with Crippen molar-refractivity contribution in [2.45, 2.75) is 302 Å². The fraction of sp³-hybridized carbons (Fsp3) is 0.906. The van der Waals surface area contributed by atoms with Crippen LogP contribution in [0.25, 0.3) is 0 Å². The minimum atomic E-state index is -2.92. The monoisotopic (exact) mass is 833 g/mol. The highest BCUT2D eigenvalue weighted by molar-refractivity contribution is 6.16. The van der Waals surface area contributed by atoms with E-state index in [0.29, 0.717) is 19.3 Å². The molecule has 0 saturated heterocycles. The molecule has 3 N–H and O–H groups in total. The first-order valence-corrected chi connectivity index (χ1v) is 26.1. The number of carbonyl (C=O) groups excluding carboxylic acids is 3. The molecule has 0 aromatic carbocycles.